The Morgan fingerprint density at radius 1 is 1.11 bits per heavy atom. The van der Waals surface area contributed by atoms with E-state index in [2.05, 4.69) is 5.32 Å². The number of carbonyl (C=O) groups excluding carboxylic acids is 1. The van der Waals surface area contributed by atoms with Gasteiger partial charge in [-0.3, -0.25) is 4.79 Å². The average molecular weight is 270 g/mol. The van der Waals surface area contributed by atoms with Crippen molar-refractivity contribution in [1.29, 1.82) is 0 Å². The Bertz CT molecular complexity index is 363. The summed E-state index contributed by atoms with van der Waals surface area (Å²) in [5.41, 5.74) is 3.37. The molecule has 0 saturated heterocycles. The number of amides is 1. The molecular weight excluding hydrogens is 244 g/mol. The Kier molecular flexibility index (Phi) is 4.30. The number of hydrogen-bond donors (Lipinski definition) is 3. The van der Waals surface area contributed by atoms with E-state index < -0.39 is 22.5 Å². The molecule has 5 nitrogen and oxygen atoms in total. The summed E-state index contributed by atoms with van der Waals surface area (Å²) in [6.45, 7) is 7.06. The normalized spacial score (nSPS) is 19.8. The Labute approximate surface area is 114 Å². The number of hydrogen-bond acceptors (Lipinski definition) is 3. The van der Waals surface area contributed by atoms with Gasteiger partial charge in [0.1, 0.15) is 5.54 Å². The molecule has 0 heterocycles. The van der Waals surface area contributed by atoms with Crippen LogP contribution in [0.1, 0.15) is 59.8 Å². The highest BCUT2D eigenvalue weighted by atomic mass is 16.4. The molecule has 110 valence electrons. The molecule has 0 aliphatic heterocycles. The minimum atomic E-state index is -1.11. The third kappa shape index (κ3) is 3.08. The van der Waals surface area contributed by atoms with Gasteiger partial charge >= 0.3 is 5.97 Å². The predicted octanol–water partition coefficient (Wildman–Crippen LogP) is 1.65. The number of carboxylic acids is 1. The lowest BCUT2D eigenvalue weighted by Gasteiger charge is -2.41. The highest BCUT2D eigenvalue weighted by molar-refractivity contribution is 5.90. The van der Waals surface area contributed by atoms with Crippen molar-refractivity contribution in [2.75, 3.05) is 0 Å². The van der Waals surface area contributed by atoms with Gasteiger partial charge in [0.2, 0.25) is 5.91 Å². The zero-order valence-electron chi connectivity index (χ0n) is 12.4. The first-order valence-electron chi connectivity index (χ1n) is 6.88. The highest BCUT2D eigenvalue weighted by Gasteiger charge is 2.47. The molecule has 4 N–H and O–H groups in total. The fourth-order valence-corrected chi connectivity index (χ4v) is 2.21. The predicted molar refractivity (Wildman–Crippen MR) is 73.6 cm³/mol. The third-order valence-electron chi connectivity index (χ3n) is 4.65. The van der Waals surface area contributed by atoms with Crippen molar-refractivity contribution in [2.45, 2.75) is 70.9 Å². The molecule has 1 rings (SSSR count). The zero-order chi connectivity index (χ0) is 14.9. The lowest BCUT2D eigenvalue weighted by atomic mass is 9.73. The van der Waals surface area contributed by atoms with Crippen LogP contribution in [0.5, 0.6) is 0 Å². The fraction of sp³-hybridized carbons (Fsp3) is 0.857. The smallest absolute Gasteiger partial charge is 0.329 e. The van der Waals surface area contributed by atoms with Gasteiger partial charge in [-0.05, 0) is 40.5 Å². The Morgan fingerprint density at radius 2 is 1.58 bits per heavy atom. The largest absolute Gasteiger partial charge is 0.480 e. The summed E-state index contributed by atoms with van der Waals surface area (Å²) < 4.78 is 0. The van der Waals surface area contributed by atoms with Gasteiger partial charge in [0.25, 0.3) is 0 Å². The molecule has 0 aromatic heterocycles. The van der Waals surface area contributed by atoms with Crippen LogP contribution in [0.25, 0.3) is 0 Å². The summed E-state index contributed by atoms with van der Waals surface area (Å²) in [6.07, 6.45) is 3.68. The van der Waals surface area contributed by atoms with Gasteiger partial charge in [-0.15, -0.1) is 0 Å². The molecule has 19 heavy (non-hydrogen) atoms. The molecule has 0 aromatic rings. The highest BCUT2D eigenvalue weighted by Crippen LogP contribution is 2.33. The van der Waals surface area contributed by atoms with E-state index >= 15 is 0 Å². The molecule has 0 spiro atoms. The number of aliphatic carboxylic acids is 1. The van der Waals surface area contributed by atoms with E-state index in [0.717, 1.165) is 19.3 Å². The van der Waals surface area contributed by atoms with Crippen LogP contribution >= 0.6 is 0 Å². The van der Waals surface area contributed by atoms with E-state index in [0.29, 0.717) is 12.8 Å². The molecular formula is C14H26N2O3. The summed E-state index contributed by atoms with van der Waals surface area (Å²) in [7, 11) is 0. The fourth-order valence-electron chi connectivity index (χ4n) is 2.21. The summed E-state index contributed by atoms with van der Waals surface area (Å²) in [5, 5.41) is 12.2. The number of carbonyl (C=O) groups is 2. The third-order valence-corrected chi connectivity index (χ3v) is 4.65. The van der Waals surface area contributed by atoms with Crippen LogP contribution in [0.15, 0.2) is 0 Å². The van der Waals surface area contributed by atoms with E-state index in [1.807, 2.05) is 0 Å². The van der Waals surface area contributed by atoms with E-state index in [1.54, 1.807) is 27.7 Å². The maximum absolute atomic E-state index is 12.4. The topological polar surface area (TPSA) is 92.4 Å². The van der Waals surface area contributed by atoms with Crippen LogP contribution in [0.3, 0.4) is 0 Å². The van der Waals surface area contributed by atoms with E-state index in [1.165, 1.54) is 0 Å². The van der Waals surface area contributed by atoms with Crippen LogP contribution < -0.4 is 11.1 Å². The SMILES string of the molecule is CC(C)(N)C(C)(C)C(=O)NC1(C(=O)O)CCCCC1. The molecule has 1 saturated carbocycles. The molecule has 1 aliphatic rings. The van der Waals surface area contributed by atoms with Gasteiger partial charge in [-0.2, -0.15) is 0 Å². The van der Waals surface area contributed by atoms with Crippen molar-refractivity contribution in [2.24, 2.45) is 11.1 Å². The number of rotatable bonds is 4. The maximum atomic E-state index is 12.4. The monoisotopic (exact) mass is 270 g/mol. The molecule has 0 aromatic carbocycles. The average Bonchev–Trinajstić information content (AvgIpc) is 2.28. The van der Waals surface area contributed by atoms with Crippen LogP contribution in [0.2, 0.25) is 0 Å². The molecule has 0 unspecified atom stereocenters. The first kappa shape index (κ1) is 16.0. The Balaban J connectivity index is 2.92. The number of carboxylic acid groups (broad SMARTS) is 1. The van der Waals surface area contributed by atoms with Gasteiger partial charge in [0.15, 0.2) is 0 Å². The van der Waals surface area contributed by atoms with E-state index in [9.17, 15) is 14.7 Å². The van der Waals surface area contributed by atoms with E-state index in [-0.39, 0.29) is 5.91 Å². The van der Waals surface area contributed by atoms with Crippen LogP contribution in [-0.2, 0) is 9.59 Å². The van der Waals surface area contributed by atoms with Gasteiger partial charge in [0, 0.05) is 5.54 Å². The molecule has 1 amide bonds. The Morgan fingerprint density at radius 3 is 1.95 bits per heavy atom. The van der Waals surface area contributed by atoms with Crippen molar-refractivity contribution in [3.8, 4) is 0 Å². The van der Waals surface area contributed by atoms with Crippen molar-refractivity contribution >= 4 is 11.9 Å². The molecule has 0 bridgehead atoms. The van der Waals surface area contributed by atoms with Crippen LogP contribution in [0.4, 0.5) is 0 Å². The van der Waals surface area contributed by atoms with Crippen molar-refractivity contribution < 1.29 is 14.7 Å². The van der Waals surface area contributed by atoms with Gasteiger partial charge in [-0.1, -0.05) is 19.3 Å². The summed E-state index contributed by atoms with van der Waals surface area (Å²) >= 11 is 0. The molecule has 5 heteroatoms. The summed E-state index contributed by atoms with van der Waals surface area (Å²) in [4.78, 5) is 24.0. The summed E-state index contributed by atoms with van der Waals surface area (Å²) in [5.74, 6) is -1.23. The number of nitrogens with one attached hydrogen (secondary N) is 1. The summed E-state index contributed by atoms with van der Waals surface area (Å²) in [6, 6.07) is 0. The zero-order valence-corrected chi connectivity index (χ0v) is 12.4. The van der Waals surface area contributed by atoms with Crippen LogP contribution in [0, 0.1) is 5.41 Å². The lowest BCUT2D eigenvalue weighted by Crippen LogP contribution is -2.63. The second kappa shape index (κ2) is 5.12. The van der Waals surface area contributed by atoms with Crippen molar-refractivity contribution in [3.05, 3.63) is 0 Å². The van der Waals surface area contributed by atoms with Gasteiger partial charge < -0.3 is 16.2 Å². The molecule has 0 radical (unpaired) electrons. The maximum Gasteiger partial charge on any atom is 0.329 e. The first-order valence-corrected chi connectivity index (χ1v) is 6.88. The molecule has 1 fully saturated rings. The molecule has 1 aliphatic carbocycles. The number of nitrogens with two attached hydrogens (primary N) is 1. The van der Waals surface area contributed by atoms with Gasteiger partial charge in [-0.25, -0.2) is 4.79 Å². The Hall–Kier alpha value is -1.10. The van der Waals surface area contributed by atoms with Gasteiger partial charge in [0.05, 0.1) is 5.41 Å². The van der Waals surface area contributed by atoms with E-state index in [4.69, 9.17) is 5.73 Å². The minimum Gasteiger partial charge on any atom is -0.480 e. The van der Waals surface area contributed by atoms with Crippen molar-refractivity contribution in [3.63, 3.8) is 0 Å². The standard InChI is InChI=1S/C14H26N2O3/c1-12(2,13(3,4)15)10(17)16-14(11(18)19)8-6-5-7-9-14/h5-9,15H2,1-4H3,(H,16,17)(H,18,19). The first-order chi connectivity index (χ1) is 8.53. The lowest BCUT2D eigenvalue weighted by molar-refractivity contribution is -0.151. The van der Waals surface area contributed by atoms with Crippen molar-refractivity contribution in [1.82, 2.24) is 5.32 Å². The van der Waals surface area contributed by atoms with Crippen LogP contribution in [-0.4, -0.2) is 28.1 Å². The minimum absolute atomic E-state index is 0.288. The second-order valence-electron chi connectivity index (χ2n) is 6.75. The second-order valence-corrected chi connectivity index (χ2v) is 6.75. The molecule has 0 atom stereocenters. The quantitative estimate of drug-likeness (QED) is 0.724.